The number of hydrogen-bond donors (Lipinski definition) is 3. The number of hydrogen-bond acceptors (Lipinski definition) is 4. The van der Waals surface area contributed by atoms with E-state index in [4.69, 9.17) is 0 Å². The highest BCUT2D eigenvalue weighted by Crippen LogP contribution is 2.19. The van der Waals surface area contributed by atoms with Crippen molar-refractivity contribution in [1.82, 2.24) is 10.6 Å². The van der Waals surface area contributed by atoms with Crippen LogP contribution in [0.15, 0.2) is 47.4 Å². The summed E-state index contributed by atoms with van der Waals surface area (Å²) in [5, 5.41) is 6.23. The summed E-state index contributed by atoms with van der Waals surface area (Å²) in [5.74, 6) is -0.636. The predicted octanol–water partition coefficient (Wildman–Crippen LogP) is 2.84. The molecule has 1 heterocycles. The third kappa shape index (κ3) is 5.43. The monoisotopic (exact) mass is 427 g/mol. The molecule has 2 aromatic rings. The van der Waals surface area contributed by atoms with E-state index in [0.29, 0.717) is 11.3 Å². The molecule has 0 aliphatic carbocycles. The van der Waals surface area contributed by atoms with Gasteiger partial charge in [0, 0.05) is 17.3 Å². The first-order chi connectivity index (χ1) is 12.8. The molecule has 0 aromatic heterocycles. The molecule has 152 valence electrons. The standard InChI is InChI=1S/C19H22FN3O3S.ClH/c1-13-12-17(6-7-18(13)20)27(25,26)23-16-4-2-14(3-5-16)19(24)22-15-8-10-21-11-9-15;/h2-7,12,15,21,23H,8-11H2,1H3,(H,22,24);1H. The van der Waals surface area contributed by atoms with E-state index in [1.54, 1.807) is 12.1 Å². The Morgan fingerprint density at radius 3 is 2.36 bits per heavy atom. The summed E-state index contributed by atoms with van der Waals surface area (Å²) < 4.78 is 40.6. The zero-order chi connectivity index (χ0) is 19.4. The minimum atomic E-state index is -3.83. The van der Waals surface area contributed by atoms with Crippen LogP contribution in [0.2, 0.25) is 0 Å². The Kier molecular flexibility index (Phi) is 7.40. The molecule has 3 N–H and O–H groups in total. The number of carbonyl (C=O) groups is 1. The van der Waals surface area contributed by atoms with Gasteiger partial charge < -0.3 is 10.6 Å². The Labute approximate surface area is 170 Å². The van der Waals surface area contributed by atoms with Gasteiger partial charge in [-0.3, -0.25) is 9.52 Å². The first-order valence-corrected chi connectivity index (χ1v) is 10.2. The second-order valence-corrected chi connectivity index (χ2v) is 8.27. The van der Waals surface area contributed by atoms with E-state index in [1.807, 2.05) is 0 Å². The number of benzene rings is 2. The zero-order valence-electron chi connectivity index (χ0n) is 15.4. The van der Waals surface area contributed by atoms with E-state index >= 15 is 0 Å². The fraction of sp³-hybridized carbons (Fsp3) is 0.316. The van der Waals surface area contributed by atoms with Crippen molar-refractivity contribution < 1.29 is 17.6 Å². The van der Waals surface area contributed by atoms with Crippen LogP contribution < -0.4 is 15.4 Å². The average molecular weight is 428 g/mol. The molecule has 3 rings (SSSR count). The predicted molar refractivity (Wildman–Crippen MR) is 109 cm³/mol. The largest absolute Gasteiger partial charge is 0.349 e. The van der Waals surface area contributed by atoms with Crippen LogP contribution in [0, 0.1) is 12.7 Å². The van der Waals surface area contributed by atoms with E-state index in [1.165, 1.54) is 31.2 Å². The van der Waals surface area contributed by atoms with Crippen LogP contribution in [0.1, 0.15) is 28.8 Å². The van der Waals surface area contributed by atoms with Crippen LogP contribution in [0.4, 0.5) is 10.1 Å². The maximum atomic E-state index is 13.3. The van der Waals surface area contributed by atoms with Crippen LogP contribution >= 0.6 is 12.4 Å². The SMILES string of the molecule is Cc1cc(S(=O)(=O)Nc2ccc(C(=O)NC3CCNCC3)cc2)ccc1F.Cl. The first kappa shape index (κ1) is 22.1. The molecule has 1 saturated heterocycles. The molecule has 1 aliphatic heterocycles. The van der Waals surface area contributed by atoms with Gasteiger partial charge in [-0.05, 0) is 80.9 Å². The van der Waals surface area contributed by atoms with Crippen molar-refractivity contribution in [3.8, 4) is 0 Å². The molecule has 1 amide bonds. The Hall–Kier alpha value is -2.16. The summed E-state index contributed by atoms with van der Waals surface area (Å²) in [6.07, 6.45) is 1.78. The number of amides is 1. The van der Waals surface area contributed by atoms with Gasteiger partial charge in [0.05, 0.1) is 4.90 Å². The lowest BCUT2D eigenvalue weighted by Gasteiger charge is -2.23. The number of nitrogens with one attached hydrogen (secondary N) is 3. The maximum Gasteiger partial charge on any atom is 0.261 e. The molecule has 2 aromatic carbocycles. The molecule has 1 fully saturated rings. The van der Waals surface area contributed by atoms with Gasteiger partial charge in [-0.15, -0.1) is 12.4 Å². The Morgan fingerprint density at radius 2 is 1.75 bits per heavy atom. The molecule has 0 radical (unpaired) electrons. The van der Waals surface area contributed by atoms with Gasteiger partial charge in [0.1, 0.15) is 5.82 Å². The number of anilines is 1. The summed E-state index contributed by atoms with van der Waals surface area (Å²) in [4.78, 5) is 12.3. The minimum absolute atomic E-state index is 0. The normalized spacial score (nSPS) is 14.8. The minimum Gasteiger partial charge on any atom is -0.349 e. The van der Waals surface area contributed by atoms with E-state index in [2.05, 4.69) is 15.4 Å². The molecule has 0 saturated carbocycles. The van der Waals surface area contributed by atoms with Crippen LogP contribution in [-0.2, 0) is 10.0 Å². The highest BCUT2D eigenvalue weighted by Gasteiger charge is 2.18. The summed E-state index contributed by atoms with van der Waals surface area (Å²) in [6, 6.07) is 9.98. The van der Waals surface area contributed by atoms with Crippen molar-refractivity contribution in [3.63, 3.8) is 0 Å². The molecule has 28 heavy (non-hydrogen) atoms. The number of sulfonamides is 1. The summed E-state index contributed by atoms with van der Waals surface area (Å²) in [5.41, 5.74) is 1.05. The second kappa shape index (κ2) is 9.36. The van der Waals surface area contributed by atoms with Crippen molar-refractivity contribution in [2.45, 2.75) is 30.7 Å². The molecule has 1 aliphatic rings. The fourth-order valence-corrected chi connectivity index (χ4v) is 4.07. The number of piperidine rings is 1. The smallest absolute Gasteiger partial charge is 0.261 e. The van der Waals surface area contributed by atoms with Gasteiger partial charge in [-0.25, -0.2) is 12.8 Å². The van der Waals surface area contributed by atoms with Crippen molar-refractivity contribution in [3.05, 3.63) is 59.4 Å². The van der Waals surface area contributed by atoms with Gasteiger partial charge in [0.15, 0.2) is 0 Å². The molecule has 0 spiro atoms. The van der Waals surface area contributed by atoms with Crippen molar-refractivity contribution in [2.75, 3.05) is 17.8 Å². The van der Waals surface area contributed by atoms with E-state index < -0.39 is 15.8 Å². The van der Waals surface area contributed by atoms with Crippen molar-refractivity contribution >= 4 is 34.0 Å². The van der Waals surface area contributed by atoms with E-state index in [9.17, 15) is 17.6 Å². The number of halogens is 2. The molecule has 6 nitrogen and oxygen atoms in total. The molecule has 0 unspecified atom stereocenters. The number of carbonyl (C=O) groups excluding carboxylic acids is 1. The summed E-state index contributed by atoms with van der Waals surface area (Å²) in [6.45, 7) is 3.27. The lowest BCUT2D eigenvalue weighted by atomic mass is 10.1. The Balaban J connectivity index is 0.00000280. The van der Waals surface area contributed by atoms with Crippen molar-refractivity contribution in [2.24, 2.45) is 0 Å². The number of rotatable bonds is 5. The highest BCUT2D eigenvalue weighted by molar-refractivity contribution is 7.92. The van der Waals surface area contributed by atoms with E-state index in [0.717, 1.165) is 32.0 Å². The fourth-order valence-electron chi connectivity index (χ4n) is 2.92. The molecular formula is C19H23ClFN3O3S. The second-order valence-electron chi connectivity index (χ2n) is 6.59. The third-order valence-corrected chi connectivity index (χ3v) is 5.89. The van der Waals surface area contributed by atoms with Crippen LogP contribution in [0.25, 0.3) is 0 Å². The highest BCUT2D eigenvalue weighted by atomic mass is 35.5. The Bertz CT molecular complexity index is 930. The zero-order valence-corrected chi connectivity index (χ0v) is 17.0. The average Bonchev–Trinajstić information content (AvgIpc) is 2.65. The van der Waals surface area contributed by atoms with E-state index in [-0.39, 0.29) is 34.8 Å². The Morgan fingerprint density at radius 1 is 1.11 bits per heavy atom. The van der Waals surface area contributed by atoms with Gasteiger partial charge in [0.2, 0.25) is 0 Å². The first-order valence-electron chi connectivity index (χ1n) is 8.76. The molecular weight excluding hydrogens is 405 g/mol. The van der Waals surface area contributed by atoms with Gasteiger partial charge in [-0.2, -0.15) is 0 Å². The lowest BCUT2D eigenvalue weighted by molar-refractivity contribution is 0.0929. The van der Waals surface area contributed by atoms with Crippen LogP contribution in [0.3, 0.4) is 0 Å². The van der Waals surface area contributed by atoms with Gasteiger partial charge >= 0.3 is 0 Å². The third-order valence-electron chi connectivity index (χ3n) is 4.51. The van der Waals surface area contributed by atoms with Crippen LogP contribution in [0.5, 0.6) is 0 Å². The van der Waals surface area contributed by atoms with Gasteiger partial charge in [0.25, 0.3) is 15.9 Å². The molecule has 9 heteroatoms. The molecule has 0 bridgehead atoms. The summed E-state index contributed by atoms with van der Waals surface area (Å²) in [7, 11) is -3.83. The quantitative estimate of drug-likeness (QED) is 0.684. The van der Waals surface area contributed by atoms with Crippen LogP contribution in [-0.4, -0.2) is 33.5 Å². The van der Waals surface area contributed by atoms with Crippen molar-refractivity contribution in [1.29, 1.82) is 0 Å². The maximum absolute atomic E-state index is 13.3. The lowest BCUT2D eigenvalue weighted by Crippen LogP contribution is -2.42. The number of aryl methyl sites for hydroxylation is 1. The topological polar surface area (TPSA) is 87.3 Å². The summed E-state index contributed by atoms with van der Waals surface area (Å²) >= 11 is 0. The van der Waals surface area contributed by atoms with Gasteiger partial charge in [-0.1, -0.05) is 0 Å². The molecule has 0 atom stereocenters.